The summed E-state index contributed by atoms with van der Waals surface area (Å²) in [7, 11) is -2.32. The number of imidazole rings is 1. The van der Waals surface area contributed by atoms with Gasteiger partial charge in [-0.3, -0.25) is 4.72 Å². The molecule has 96 valence electrons. The van der Waals surface area contributed by atoms with E-state index >= 15 is 0 Å². The molecule has 0 aromatic carbocycles. The second-order valence-electron chi connectivity index (χ2n) is 3.39. The Labute approximate surface area is 114 Å². The molecule has 0 saturated carbocycles. The fourth-order valence-corrected chi connectivity index (χ4v) is 2.90. The molecule has 0 fully saturated rings. The van der Waals surface area contributed by atoms with Gasteiger partial charge in [0.15, 0.2) is 5.82 Å². The third-order valence-electron chi connectivity index (χ3n) is 2.08. The molecule has 1 N–H and O–H groups in total. The third-order valence-corrected chi connectivity index (χ3v) is 4.21. The number of anilines is 1. The summed E-state index contributed by atoms with van der Waals surface area (Å²) in [5.41, 5.74) is 0. The first-order valence-electron chi connectivity index (χ1n) is 4.72. The van der Waals surface area contributed by atoms with Crippen molar-refractivity contribution in [2.24, 2.45) is 7.05 Å². The highest BCUT2D eigenvalue weighted by atomic mass is 35.5. The normalized spacial score (nSPS) is 11.5. The van der Waals surface area contributed by atoms with E-state index in [1.165, 1.54) is 23.2 Å². The average molecular weight is 307 g/mol. The van der Waals surface area contributed by atoms with Crippen LogP contribution in [0.15, 0.2) is 29.7 Å². The van der Waals surface area contributed by atoms with Gasteiger partial charge in [-0.05, 0) is 12.1 Å². The van der Waals surface area contributed by atoms with Gasteiger partial charge in [0.1, 0.15) is 5.15 Å². The van der Waals surface area contributed by atoms with Crippen LogP contribution in [0.2, 0.25) is 10.2 Å². The van der Waals surface area contributed by atoms with Crippen LogP contribution in [-0.2, 0) is 17.1 Å². The maximum atomic E-state index is 12.0. The summed E-state index contributed by atoms with van der Waals surface area (Å²) in [5, 5.41) is -0.0731. The molecule has 0 aliphatic heterocycles. The summed E-state index contributed by atoms with van der Waals surface area (Å²) in [6.07, 6.45) is 2.72. The van der Waals surface area contributed by atoms with E-state index in [4.69, 9.17) is 23.2 Å². The Hall–Kier alpha value is -1.31. The summed E-state index contributed by atoms with van der Waals surface area (Å²) in [4.78, 5) is 7.55. The molecule has 2 rings (SSSR count). The van der Waals surface area contributed by atoms with Crippen molar-refractivity contribution in [3.8, 4) is 0 Å². The Morgan fingerprint density at radius 2 is 2.06 bits per heavy atom. The van der Waals surface area contributed by atoms with Crippen molar-refractivity contribution in [3.63, 3.8) is 0 Å². The van der Waals surface area contributed by atoms with Gasteiger partial charge >= 0.3 is 0 Å². The van der Waals surface area contributed by atoms with Crippen LogP contribution in [0.4, 0.5) is 5.82 Å². The molecule has 0 aliphatic carbocycles. The van der Waals surface area contributed by atoms with Crippen molar-refractivity contribution < 1.29 is 8.42 Å². The Morgan fingerprint density at radius 1 is 1.33 bits per heavy atom. The minimum atomic E-state index is -3.91. The molecule has 0 saturated heterocycles. The van der Waals surface area contributed by atoms with E-state index in [9.17, 15) is 8.42 Å². The molecule has 0 unspecified atom stereocenters. The SMILES string of the molecule is Cn1cnc(S(=O)(=O)Nc2ncccc2Cl)c1Cl. The number of rotatable bonds is 3. The molecule has 0 atom stereocenters. The van der Waals surface area contributed by atoms with E-state index in [1.807, 2.05) is 0 Å². The van der Waals surface area contributed by atoms with E-state index < -0.39 is 10.0 Å². The summed E-state index contributed by atoms with van der Waals surface area (Å²) in [6.45, 7) is 0. The topological polar surface area (TPSA) is 76.9 Å². The largest absolute Gasteiger partial charge is 0.324 e. The van der Waals surface area contributed by atoms with Crippen LogP contribution in [-0.4, -0.2) is 23.0 Å². The monoisotopic (exact) mass is 306 g/mol. The van der Waals surface area contributed by atoms with Gasteiger partial charge in [-0.1, -0.05) is 23.2 Å². The van der Waals surface area contributed by atoms with E-state index in [0.717, 1.165) is 0 Å². The van der Waals surface area contributed by atoms with Crippen molar-refractivity contribution in [2.45, 2.75) is 5.03 Å². The van der Waals surface area contributed by atoms with Gasteiger partial charge in [0, 0.05) is 13.2 Å². The number of hydrogen-bond acceptors (Lipinski definition) is 4. The van der Waals surface area contributed by atoms with Crippen LogP contribution in [0, 0.1) is 0 Å². The highest BCUT2D eigenvalue weighted by Crippen LogP contribution is 2.24. The lowest BCUT2D eigenvalue weighted by molar-refractivity contribution is 0.598. The van der Waals surface area contributed by atoms with Crippen molar-refractivity contribution >= 4 is 39.0 Å². The van der Waals surface area contributed by atoms with E-state index in [2.05, 4.69) is 14.7 Å². The number of pyridine rings is 1. The molecule has 0 bridgehead atoms. The molecule has 6 nitrogen and oxygen atoms in total. The first kappa shape index (κ1) is 13.1. The molecule has 0 spiro atoms. The standard InChI is InChI=1S/C9H8Cl2N4O2S/c1-15-5-13-9(7(15)11)18(16,17)14-8-6(10)3-2-4-12-8/h2-5H,1H3,(H,12,14). The predicted octanol–water partition coefficient (Wildman–Crippen LogP) is 1.92. The lowest BCUT2D eigenvalue weighted by Gasteiger charge is -2.06. The van der Waals surface area contributed by atoms with Gasteiger partial charge in [0.05, 0.1) is 11.3 Å². The number of nitrogens with zero attached hydrogens (tertiary/aromatic N) is 3. The summed E-state index contributed by atoms with van der Waals surface area (Å²) < 4.78 is 27.6. The zero-order chi connectivity index (χ0) is 13.3. The molecular formula is C9H8Cl2N4O2S. The van der Waals surface area contributed by atoms with Gasteiger partial charge in [0.2, 0.25) is 5.03 Å². The molecule has 0 aliphatic rings. The minimum absolute atomic E-state index is 0.00885. The van der Waals surface area contributed by atoms with Crippen molar-refractivity contribution in [2.75, 3.05) is 4.72 Å². The van der Waals surface area contributed by atoms with Crippen LogP contribution >= 0.6 is 23.2 Å². The van der Waals surface area contributed by atoms with Crippen LogP contribution in [0.1, 0.15) is 0 Å². The highest BCUT2D eigenvalue weighted by molar-refractivity contribution is 7.92. The molecule has 2 heterocycles. The van der Waals surface area contributed by atoms with Gasteiger partial charge in [0.25, 0.3) is 10.0 Å². The van der Waals surface area contributed by atoms with Gasteiger partial charge in [-0.2, -0.15) is 8.42 Å². The second kappa shape index (κ2) is 4.75. The maximum Gasteiger partial charge on any atom is 0.283 e. The first-order valence-corrected chi connectivity index (χ1v) is 6.96. The van der Waals surface area contributed by atoms with Gasteiger partial charge in [-0.25, -0.2) is 9.97 Å². The number of aromatic nitrogens is 3. The molecule has 2 aromatic heterocycles. The molecule has 18 heavy (non-hydrogen) atoms. The number of sulfonamides is 1. The molecule has 0 radical (unpaired) electrons. The Kier molecular flexibility index (Phi) is 3.47. The summed E-state index contributed by atoms with van der Waals surface area (Å²) in [6, 6.07) is 3.11. The lowest BCUT2D eigenvalue weighted by atomic mass is 10.5. The number of aryl methyl sites for hydroxylation is 1. The number of nitrogens with one attached hydrogen (secondary N) is 1. The zero-order valence-electron chi connectivity index (χ0n) is 9.13. The molecule has 9 heteroatoms. The highest BCUT2D eigenvalue weighted by Gasteiger charge is 2.23. The fourth-order valence-electron chi connectivity index (χ4n) is 1.21. The Balaban J connectivity index is 2.40. The molecule has 2 aromatic rings. The Bertz CT molecular complexity index is 684. The smallest absolute Gasteiger partial charge is 0.283 e. The second-order valence-corrected chi connectivity index (χ2v) is 5.75. The van der Waals surface area contributed by atoms with E-state index in [1.54, 1.807) is 13.1 Å². The predicted molar refractivity (Wildman–Crippen MR) is 68.3 cm³/mol. The van der Waals surface area contributed by atoms with Crippen molar-refractivity contribution in [1.29, 1.82) is 0 Å². The average Bonchev–Trinajstić information content (AvgIpc) is 2.63. The van der Waals surface area contributed by atoms with Crippen molar-refractivity contribution in [1.82, 2.24) is 14.5 Å². The Morgan fingerprint density at radius 3 is 2.61 bits per heavy atom. The molecular weight excluding hydrogens is 299 g/mol. The van der Waals surface area contributed by atoms with Crippen LogP contribution in [0.5, 0.6) is 0 Å². The van der Waals surface area contributed by atoms with Crippen LogP contribution in [0.3, 0.4) is 0 Å². The quantitative estimate of drug-likeness (QED) is 0.940. The first-order chi connectivity index (χ1) is 8.42. The number of hydrogen-bond donors (Lipinski definition) is 1. The van der Waals surface area contributed by atoms with Gasteiger partial charge < -0.3 is 4.57 Å². The van der Waals surface area contributed by atoms with E-state index in [-0.39, 0.29) is 21.0 Å². The number of halogens is 2. The maximum absolute atomic E-state index is 12.0. The van der Waals surface area contributed by atoms with E-state index in [0.29, 0.717) is 0 Å². The summed E-state index contributed by atoms with van der Waals surface area (Å²) in [5.74, 6) is 0.0286. The fraction of sp³-hybridized carbons (Fsp3) is 0.111. The zero-order valence-corrected chi connectivity index (χ0v) is 11.5. The molecule has 0 amide bonds. The van der Waals surface area contributed by atoms with Crippen molar-refractivity contribution in [3.05, 3.63) is 34.8 Å². The van der Waals surface area contributed by atoms with Crippen LogP contribution < -0.4 is 4.72 Å². The van der Waals surface area contributed by atoms with Crippen LogP contribution in [0.25, 0.3) is 0 Å². The lowest BCUT2D eigenvalue weighted by Crippen LogP contribution is -2.15. The van der Waals surface area contributed by atoms with Gasteiger partial charge in [-0.15, -0.1) is 0 Å². The minimum Gasteiger partial charge on any atom is -0.324 e. The summed E-state index contributed by atoms with van der Waals surface area (Å²) >= 11 is 11.6. The third kappa shape index (κ3) is 2.43.